The maximum Gasteiger partial charge on any atom is 0.215 e. The molecule has 0 saturated heterocycles. The lowest BCUT2D eigenvalue weighted by atomic mass is 10.2. The van der Waals surface area contributed by atoms with Gasteiger partial charge in [0.15, 0.2) is 0 Å². The molecule has 0 atom stereocenters. The number of benzene rings is 1. The largest absolute Gasteiger partial charge is 0.329 e. The maximum atomic E-state index is 12.8. The highest BCUT2D eigenvalue weighted by atomic mass is 35.5. The third-order valence-electron chi connectivity index (χ3n) is 1.81. The van der Waals surface area contributed by atoms with Crippen molar-refractivity contribution < 1.29 is 12.8 Å². The quantitative estimate of drug-likeness (QED) is 0.830. The highest BCUT2D eigenvalue weighted by Gasteiger charge is 2.11. The Bertz CT molecular complexity index is 465. The van der Waals surface area contributed by atoms with Crippen LogP contribution in [0.5, 0.6) is 0 Å². The summed E-state index contributed by atoms with van der Waals surface area (Å²) in [6, 6.07) is 3.80. The predicted octanol–water partition coefficient (Wildman–Crippen LogP) is 0.857. The Morgan fingerprint density at radius 3 is 2.69 bits per heavy atom. The predicted molar refractivity (Wildman–Crippen MR) is 61.1 cm³/mol. The van der Waals surface area contributed by atoms with Crippen molar-refractivity contribution in [3.63, 3.8) is 0 Å². The number of rotatable bonds is 5. The molecule has 0 spiro atoms. The fraction of sp³-hybridized carbons (Fsp3) is 0.333. The van der Waals surface area contributed by atoms with Gasteiger partial charge in [0.1, 0.15) is 5.82 Å². The van der Waals surface area contributed by atoms with E-state index >= 15 is 0 Å². The van der Waals surface area contributed by atoms with E-state index in [1.165, 1.54) is 12.1 Å². The van der Waals surface area contributed by atoms with Gasteiger partial charge in [-0.25, -0.2) is 17.5 Å². The van der Waals surface area contributed by atoms with Crippen LogP contribution in [0.1, 0.15) is 5.56 Å². The summed E-state index contributed by atoms with van der Waals surface area (Å²) in [5.74, 6) is -0.815. The van der Waals surface area contributed by atoms with Gasteiger partial charge in [0.05, 0.1) is 10.8 Å². The van der Waals surface area contributed by atoms with Crippen LogP contribution in [-0.2, 0) is 15.8 Å². The maximum absolute atomic E-state index is 12.8. The van der Waals surface area contributed by atoms with E-state index in [0.717, 1.165) is 6.07 Å². The van der Waals surface area contributed by atoms with Crippen LogP contribution in [0.3, 0.4) is 0 Å². The van der Waals surface area contributed by atoms with Crippen LogP contribution in [0.25, 0.3) is 0 Å². The molecule has 0 bridgehead atoms. The van der Waals surface area contributed by atoms with E-state index in [1.807, 2.05) is 0 Å². The van der Waals surface area contributed by atoms with E-state index in [4.69, 9.17) is 17.3 Å². The van der Waals surface area contributed by atoms with E-state index in [0.29, 0.717) is 5.56 Å². The van der Waals surface area contributed by atoms with Crippen LogP contribution in [0.4, 0.5) is 4.39 Å². The van der Waals surface area contributed by atoms with Crippen LogP contribution >= 0.6 is 11.6 Å². The van der Waals surface area contributed by atoms with Crippen LogP contribution in [0.15, 0.2) is 18.2 Å². The summed E-state index contributed by atoms with van der Waals surface area (Å²) in [5.41, 5.74) is 5.60. The lowest BCUT2D eigenvalue weighted by Crippen LogP contribution is -2.30. The van der Waals surface area contributed by atoms with Gasteiger partial charge in [-0.3, -0.25) is 0 Å². The van der Waals surface area contributed by atoms with Gasteiger partial charge >= 0.3 is 0 Å². The van der Waals surface area contributed by atoms with E-state index in [2.05, 4.69) is 4.72 Å². The Labute approximate surface area is 98.6 Å². The fourth-order valence-corrected chi connectivity index (χ4v) is 2.47. The van der Waals surface area contributed by atoms with Crippen LogP contribution in [0.2, 0.25) is 5.02 Å². The Morgan fingerprint density at radius 2 is 2.12 bits per heavy atom. The van der Waals surface area contributed by atoms with Crippen molar-refractivity contribution in [3.8, 4) is 0 Å². The number of hydrogen-bond donors (Lipinski definition) is 2. The van der Waals surface area contributed by atoms with Crippen LogP contribution in [-0.4, -0.2) is 21.5 Å². The Hall–Kier alpha value is -0.690. The summed E-state index contributed by atoms with van der Waals surface area (Å²) in [4.78, 5) is 0. The van der Waals surface area contributed by atoms with Gasteiger partial charge in [-0.2, -0.15) is 0 Å². The lowest BCUT2D eigenvalue weighted by molar-refractivity contribution is 0.581. The zero-order valence-corrected chi connectivity index (χ0v) is 9.98. The molecule has 0 aliphatic rings. The van der Waals surface area contributed by atoms with Crippen LogP contribution in [0, 0.1) is 5.82 Å². The Balaban J connectivity index is 2.76. The first-order valence-electron chi connectivity index (χ1n) is 4.56. The number of sulfonamides is 1. The van der Waals surface area contributed by atoms with Crippen molar-refractivity contribution >= 4 is 21.6 Å². The summed E-state index contributed by atoms with van der Waals surface area (Å²) >= 11 is 5.54. The molecule has 0 radical (unpaired) electrons. The molecule has 0 amide bonds. The van der Waals surface area contributed by atoms with Crippen molar-refractivity contribution in [2.24, 2.45) is 5.73 Å². The zero-order valence-electron chi connectivity index (χ0n) is 8.41. The van der Waals surface area contributed by atoms with E-state index < -0.39 is 15.8 Å². The highest BCUT2D eigenvalue weighted by molar-refractivity contribution is 7.88. The molecule has 0 aromatic heterocycles. The van der Waals surface area contributed by atoms with Crippen molar-refractivity contribution in [2.75, 3.05) is 13.1 Å². The SMILES string of the molecule is NCCNS(=O)(=O)Cc1ccc(F)c(Cl)c1. The molecule has 16 heavy (non-hydrogen) atoms. The van der Waals surface area contributed by atoms with Gasteiger partial charge in [-0.1, -0.05) is 17.7 Å². The molecule has 0 aliphatic heterocycles. The van der Waals surface area contributed by atoms with Crippen molar-refractivity contribution in [2.45, 2.75) is 5.75 Å². The molecule has 7 heteroatoms. The standard InChI is InChI=1S/C9H12ClFN2O2S/c10-8-5-7(1-2-9(8)11)6-16(14,15)13-4-3-12/h1-2,5,13H,3-4,6,12H2. The van der Waals surface area contributed by atoms with Crippen molar-refractivity contribution in [3.05, 3.63) is 34.6 Å². The molecule has 0 heterocycles. The number of nitrogens with two attached hydrogens (primary N) is 1. The second-order valence-electron chi connectivity index (χ2n) is 3.19. The molecule has 4 nitrogen and oxygen atoms in total. The van der Waals surface area contributed by atoms with Gasteiger partial charge in [0.25, 0.3) is 0 Å². The number of nitrogens with one attached hydrogen (secondary N) is 1. The van der Waals surface area contributed by atoms with Gasteiger partial charge in [0, 0.05) is 13.1 Å². The molecule has 0 saturated carbocycles. The molecule has 1 aromatic rings. The topological polar surface area (TPSA) is 72.2 Å². The first kappa shape index (κ1) is 13.4. The van der Waals surface area contributed by atoms with Crippen molar-refractivity contribution in [1.82, 2.24) is 4.72 Å². The minimum Gasteiger partial charge on any atom is -0.329 e. The molecule has 0 fully saturated rings. The minimum absolute atomic E-state index is 0.0912. The summed E-state index contributed by atoms with van der Waals surface area (Å²) in [6.07, 6.45) is 0. The smallest absolute Gasteiger partial charge is 0.215 e. The molecule has 1 rings (SSSR count). The first-order valence-corrected chi connectivity index (χ1v) is 6.59. The summed E-state index contributed by atoms with van der Waals surface area (Å²) in [6.45, 7) is 0.403. The molecular formula is C9H12ClFN2O2S. The zero-order chi connectivity index (χ0) is 12.2. The second kappa shape index (κ2) is 5.58. The first-order chi connectivity index (χ1) is 7.44. The number of hydrogen-bond acceptors (Lipinski definition) is 3. The van der Waals surface area contributed by atoms with Crippen molar-refractivity contribution in [1.29, 1.82) is 0 Å². The van der Waals surface area contributed by atoms with Gasteiger partial charge < -0.3 is 5.73 Å². The fourth-order valence-electron chi connectivity index (χ4n) is 1.11. The summed E-state index contributed by atoms with van der Waals surface area (Å²) in [5, 5.41) is -0.0912. The molecule has 3 N–H and O–H groups in total. The highest BCUT2D eigenvalue weighted by Crippen LogP contribution is 2.17. The average molecular weight is 267 g/mol. The Kier molecular flexibility index (Phi) is 4.67. The summed E-state index contributed by atoms with van der Waals surface area (Å²) in [7, 11) is -3.44. The molecule has 0 aliphatic carbocycles. The average Bonchev–Trinajstić information content (AvgIpc) is 2.20. The minimum atomic E-state index is -3.44. The summed E-state index contributed by atoms with van der Waals surface area (Å²) < 4.78 is 38.0. The van der Waals surface area contributed by atoms with Gasteiger partial charge in [-0.05, 0) is 17.7 Å². The van der Waals surface area contributed by atoms with Crippen LogP contribution < -0.4 is 10.5 Å². The lowest BCUT2D eigenvalue weighted by Gasteiger charge is -2.06. The van der Waals surface area contributed by atoms with Gasteiger partial charge in [0.2, 0.25) is 10.0 Å². The monoisotopic (exact) mass is 266 g/mol. The van der Waals surface area contributed by atoms with E-state index in [1.54, 1.807) is 0 Å². The second-order valence-corrected chi connectivity index (χ2v) is 5.40. The van der Waals surface area contributed by atoms with Gasteiger partial charge in [-0.15, -0.1) is 0 Å². The molecule has 0 unspecified atom stereocenters. The Morgan fingerprint density at radius 1 is 1.44 bits per heavy atom. The van der Waals surface area contributed by atoms with E-state index in [-0.39, 0.29) is 23.9 Å². The normalized spacial score (nSPS) is 11.7. The third-order valence-corrected chi connectivity index (χ3v) is 3.45. The van der Waals surface area contributed by atoms with E-state index in [9.17, 15) is 12.8 Å². The molecule has 90 valence electrons. The number of halogens is 2. The molecule has 1 aromatic carbocycles. The third kappa shape index (κ3) is 4.05. The molecular weight excluding hydrogens is 255 g/mol.